The summed E-state index contributed by atoms with van der Waals surface area (Å²) in [5.41, 5.74) is 9.68. The molecule has 52 heavy (non-hydrogen) atoms. The van der Waals surface area contributed by atoms with Crippen molar-refractivity contribution in [1.82, 2.24) is 24.1 Å². The lowest BCUT2D eigenvalue weighted by molar-refractivity contribution is 0.953. The number of aromatic nitrogens is 5. The summed E-state index contributed by atoms with van der Waals surface area (Å²) in [7, 11) is 0. The first-order valence-electron chi connectivity index (χ1n) is 17.2. The molecule has 0 radical (unpaired) electrons. The van der Waals surface area contributed by atoms with Crippen LogP contribution in [-0.4, -0.2) is 24.1 Å². The smallest absolute Gasteiger partial charge is 0.238 e. The van der Waals surface area contributed by atoms with Gasteiger partial charge in [0, 0.05) is 38.4 Å². The normalized spacial score (nSPS) is 11.4. The molecule has 0 aliphatic carbocycles. The van der Waals surface area contributed by atoms with Gasteiger partial charge in [-0.1, -0.05) is 127 Å². The van der Waals surface area contributed by atoms with Crippen LogP contribution in [0.15, 0.2) is 170 Å². The Bertz CT molecular complexity index is 2970. The molecule has 0 amide bonds. The molecule has 0 aliphatic heterocycles. The van der Waals surface area contributed by atoms with Gasteiger partial charge in [-0.2, -0.15) is 15.2 Å². The van der Waals surface area contributed by atoms with Crippen molar-refractivity contribution in [2.75, 3.05) is 0 Å². The Morgan fingerprint density at radius 1 is 0.385 bits per heavy atom. The monoisotopic (exact) mass is 664 g/mol. The van der Waals surface area contributed by atoms with Crippen LogP contribution in [0.25, 0.3) is 89.2 Å². The van der Waals surface area contributed by atoms with Crippen LogP contribution in [0.2, 0.25) is 0 Å². The lowest BCUT2D eigenvalue weighted by Crippen LogP contribution is -2.06. The van der Waals surface area contributed by atoms with Crippen LogP contribution in [0, 0.1) is 11.3 Å². The second kappa shape index (κ2) is 11.9. The minimum absolute atomic E-state index is 0.547. The van der Waals surface area contributed by atoms with Crippen LogP contribution in [0.4, 0.5) is 0 Å². The minimum atomic E-state index is 0.547. The molecule has 0 aliphatic rings. The molecule has 0 saturated carbocycles. The predicted octanol–water partition coefficient (Wildman–Crippen LogP) is 10.9. The molecule has 6 heteroatoms. The van der Waals surface area contributed by atoms with Crippen molar-refractivity contribution in [3.63, 3.8) is 0 Å². The average Bonchev–Trinajstić information content (AvgIpc) is 3.74. The van der Waals surface area contributed by atoms with Gasteiger partial charge in [-0.05, 0) is 53.6 Å². The maximum Gasteiger partial charge on any atom is 0.238 e. The van der Waals surface area contributed by atoms with Crippen LogP contribution in [0.5, 0.6) is 0 Å². The molecule has 0 saturated heterocycles. The van der Waals surface area contributed by atoms with Gasteiger partial charge in [-0.25, -0.2) is 4.98 Å². The summed E-state index contributed by atoms with van der Waals surface area (Å²) in [6.07, 6.45) is 0. The Morgan fingerprint density at radius 2 is 0.904 bits per heavy atom. The number of hydrogen-bond donors (Lipinski definition) is 0. The fourth-order valence-corrected chi connectivity index (χ4v) is 7.41. The number of para-hydroxylation sites is 3. The number of rotatable bonds is 5. The second-order valence-corrected chi connectivity index (χ2v) is 12.8. The molecule has 242 valence electrons. The molecule has 10 aromatic rings. The van der Waals surface area contributed by atoms with Crippen molar-refractivity contribution in [2.45, 2.75) is 0 Å². The molecule has 0 atom stereocenters. The van der Waals surface area contributed by atoms with Crippen LogP contribution in [0.1, 0.15) is 5.56 Å². The molecule has 6 nitrogen and oxygen atoms in total. The third kappa shape index (κ3) is 4.76. The van der Waals surface area contributed by atoms with Gasteiger partial charge < -0.3 is 4.57 Å². The maximum atomic E-state index is 9.77. The lowest BCUT2D eigenvalue weighted by atomic mass is 10.0. The zero-order valence-electron chi connectivity index (χ0n) is 27.8. The van der Waals surface area contributed by atoms with Gasteiger partial charge in [0.25, 0.3) is 0 Å². The van der Waals surface area contributed by atoms with Gasteiger partial charge in [0.1, 0.15) is 0 Å². The van der Waals surface area contributed by atoms with E-state index in [1.807, 2.05) is 42.5 Å². The molecule has 0 N–H and O–H groups in total. The highest BCUT2D eigenvalue weighted by Crippen LogP contribution is 2.35. The van der Waals surface area contributed by atoms with Gasteiger partial charge in [-0.3, -0.25) is 4.57 Å². The highest BCUT2D eigenvalue weighted by Gasteiger charge is 2.19. The summed E-state index contributed by atoms with van der Waals surface area (Å²) in [5, 5.41) is 14.3. The third-order valence-electron chi connectivity index (χ3n) is 9.82. The molecular formula is C46H28N6. The van der Waals surface area contributed by atoms with E-state index >= 15 is 0 Å². The Hall–Kier alpha value is -7.36. The summed E-state index contributed by atoms with van der Waals surface area (Å²) in [4.78, 5) is 15.5. The molecule has 0 unspecified atom stereocenters. The van der Waals surface area contributed by atoms with Crippen molar-refractivity contribution < 1.29 is 0 Å². The largest absolute Gasteiger partial charge is 0.309 e. The van der Waals surface area contributed by atoms with Crippen LogP contribution < -0.4 is 0 Å². The molecule has 10 rings (SSSR count). The number of nitriles is 1. The highest BCUT2D eigenvalue weighted by molar-refractivity contribution is 6.10. The van der Waals surface area contributed by atoms with E-state index in [9.17, 15) is 5.26 Å². The number of hydrogen-bond acceptors (Lipinski definition) is 4. The van der Waals surface area contributed by atoms with E-state index in [4.69, 9.17) is 15.0 Å². The first-order chi connectivity index (χ1) is 25.7. The molecular weight excluding hydrogens is 637 g/mol. The average molecular weight is 665 g/mol. The van der Waals surface area contributed by atoms with Crippen LogP contribution in [0.3, 0.4) is 0 Å². The topological polar surface area (TPSA) is 72.3 Å². The summed E-state index contributed by atoms with van der Waals surface area (Å²) < 4.78 is 4.35. The predicted molar refractivity (Wildman–Crippen MR) is 210 cm³/mol. The maximum absolute atomic E-state index is 9.77. The van der Waals surface area contributed by atoms with Gasteiger partial charge >= 0.3 is 0 Å². The molecule has 0 fully saturated rings. The van der Waals surface area contributed by atoms with E-state index in [0.717, 1.165) is 71.6 Å². The van der Waals surface area contributed by atoms with Gasteiger partial charge in [0.15, 0.2) is 11.6 Å². The Balaban J connectivity index is 1.19. The van der Waals surface area contributed by atoms with E-state index in [1.165, 1.54) is 0 Å². The summed E-state index contributed by atoms with van der Waals surface area (Å²) in [5.74, 6) is 1.70. The second-order valence-electron chi connectivity index (χ2n) is 12.8. The van der Waals surface area contributed by atoms with E-state index in [0.29, 0.717) is 23.2 Å². The molecule has 0 bridgehead atoms. The van der Waals surface area contributed by atoms with E-state index in [1.54, 1.807) is 0 Å². The van der Waals surface area contributed by atoms with Crippen molar-refractivity contribution >= 4 is 43.6 Å². The van der Waals surface area contributed by atoms with Gasteiger partial charge in [-0.15, -0.1) is 0 Å². The Morgan fingerprint density at radius 3 is 1.56 bits per heavy atom. The first-order valence-corrected chi connectivity index (χ1v) is 17.2. The zero-order chi connectivity index (χ0) is 34.6. The summed E-state index contributed by atoms with van der Waals surface area (Å²) in [6, 6.07) is 60.4. The number of nitrogens with zero attached hydrogens (tertiary/aromatic N) is 6. The minimum Gasteiger partial charge on any atom is -0.309 e. The third-order valence-corrected chi connectivity index (χ3v) is 9.82. The van der Waals surface area contributed by atoms with E-state index in [2.05, 4.69) is 143 Å². The fourth-order valence-electron chi connectivity index (χ4n) is 7.41. The van der Waals surface area contributed by atoms with Crippen molar-refractivity contribution in [2.24, 2.45) is 0 Å². The van der Waals surface area contributed by atoms with Crippen LogP contribution >= 0.6 is 0 Å². The number of fused-ring (bicyclic) bond motifs is 6. The summed E-state index contributed by atoms with van der Waals surface area (Å²) in [6.45, 7) is 0. The van der Waals surface area contributed by atoms with Gasteiger partial charge in [0.05, 0.1) is 33.7 Å². The zero-order valence-corrected chi connectivity index (χ0v) is 27.8. The highest BCUT2D eigenvalue weighted by atomic mass is 15.2. The van der Waals surface area contributed by atoms with E-state index < -0.39 is 0 Å². The SMILES string of the molecule is N#Cc1ccc2c3ccccc3n(-c3cccc(-c4nc(-c5ccc(-c6ccccc6)cc5)nc(-n5c6ccccc6c6ccccc65)n4)c3)c2c1. The standard InChI is InChI=1S/C46H28N6/c47-29-30-21-26-39-38-17-4-7-18-40(38)51(43(39)27-30)35-14-10-13-34(28-35)45-48-44(33-24-22-32(23-25-33)31-11-2-1-3-12-31)49-46(50-45)52-41-19-8-5-15-36(41)37-16-6-9-20-42(37)52/h1-28H. The lowest BCUT2D eigenvalue weighted by Gasteiger charge is -2.13. The van der Waals surface area contributed by atoms with Crippen LogP contribution in [-0.2, 0) is 0 Å². The Labute approximate surface area is 299 Å². The van der Waals surface area contributed by atoms with Gasteiger partial charge in [0.2, 0.25) is 5.95 Å². The molecule has 7 aromatic carbocycles. The van der Waals surface area contributed by atoms with Crippen molar-refractivity contribution in [3.05, 3.63) is 175 Å². The van der Waals surface area contributed by atoms with E-state index in [-0.39, 0.29) is 0 Å². The van der Waals surface area contributed by atoms with Crippen molar-refractivity contribution in [1.29, 1.82) is 5.26 Å². The quantitative estimate of drug-likeness (QED) is 0.184. The number of benzene rings is 7. The first kappa shape index (κ1) is 29.5. The molecule has 0 spiro atoms. The Kier molecular flexibility index (Phi) is 6.76. The fraction of sp³-hybridized carbons (Fsp3) is 0. The summed E-state index contributed by atoms with van der Waals surface area (Å²) >= 11 is 0. The van der Waals surface area contributed by atoms with Crippen molar-refractivity contribution in [3.8, 4) is 51.6 Å². The molecule has 3 aromatic heterocycles. The molecule has 3 heterocycles.